The highest BCUT2D eigenvalue weighted by Crippen LogP contribution is 2.16. The van der Waals surface area contributed by atoms with Crippen LogP contribution in [0.15, 0.2) is 16.4 Å². The SMILES string of the molecule is COC(=O)c1csc(CN=C=O)c1. The van der Waals surface area contributed by atoms with Crippen LogP contribution < -0.4 is 0 Å². The first-order chi connectivity index (χ1) is 6.27. The molecule has 0 radical (unpaired) electrons. The minimum absolute atomic E-state index is 0.269. The van der Waals surface area contributed by atoms with Gasteiger partial charge >= 0.3 is 5.97 Å². The van der Waals surface area contributed by atoms with Gasteiger partial charge in [-0.25, -0.2) is 14.6 Å². The molecule has 5 heteroatoms. The van der Waals surface area contributed by atoms with Gasteiger partial charge in [0.05, 0.1) is 19.2 Å². The summed E-state index contributed by atoms with van der Waals surface area (Å²) in [5.74, 6) is -0.377. The van der Waals surface area contributed by atoms with Crippen molar-refractivity contribution in [2.24, 2.45) is 4.99 Å². The standard InChI is InChI=1S/C8H7NO3S/c1-12-8(11)6-2-7(13-4-6)3-9-5-10/h2,4H,3H2,1H3. The van der Waals surface area contributed by atoms with E-state index >= 15 is 0 Å². The molecule has 0 aliphatic carbocycles. The molecule has 1 aromatic rings. The quantitative estimate of drug-likeness (QED) is 0.417. The molecule has 0 saturated heterocycles. The van der Waals surface area contributed by atoms with Crippen LogP contribution in [0.1, 0.15) is 15.2 Å². The summed E-state index contributed by atoms with van der Waals surface area (Å²) in [4.78, 5) is 25.0. The van der Waals surface area contributed by atoms with Gasteiger partial charge in [-0.1, -0.05) is 0 Å². The van der Waals surface area contributed by atoms with Crippen LogP contribution in [0.4, 0.5) is 0 Å². The number of isocyanates is 1. The molecule has 13 heavy (non-hydrogen) atoms. The summed E-state index contributed by atoms with van der Waals surface area (Å²) in [6.07, 6.45) is 1.43. The van der Waals surface area contributed by atoms with E-state index in [9.17, 15) is 9.59 Å². The number of hydrogen-bond acceptors (Lipinski definition) is 5. The molecule has 0 spiro atoms. The van der Waals surface area contributed by atoms with Crippen LogP contribution >= 0.6 is 11.3 Å². The first-order valence-corrected chi connectivity index (χ1v) is 4.35. The zero-order chi connectivity index (χ0) is 9.68. The number of carbonyl (C=O) groups excluding carboxylic acids is 2. The van der Waals surface area contributed by atoms with Gasteiger partial charge in [-0.3, -0.25) is 0 Å². The number of esters is 1. The van der Waals surface area contributed by atoms with Gasteiger partial charge in [-0.15, -0.1) is 11.3 Å². The largest absolute Gasteiger partial charge is 0.465 e. The zero-order valence-electron chi connectivity index (χ0n) is 6.94. The van der Waals surface area contributed by atoms with E-state index < -0.39 is 0 Å². The van der Waals surface area contributed by atoms with Gasteiger partial charge in [0.2, 0.25) is 6.08 Å². The summed E-state index contributed by atoms with van der Waals surface area (Å²) in [6, 6.07) is 1.65. The molecule has 0 fully saturated rings. The van der Waals surface area contributed by atoms with E-state index in [0.29, 0.717) is 5.56 Å². The number of carbonyl (C=O) groups is 1. The predicted molar refractivity (Wildman–Crippen MR) is 47.5 cm³/mol. The Labute approximate surface area is 78.9 Å². The Morgan fingerprint density at radius 2 is 2.54 bits per heavy atom. The second-order valence-electron chi connectivity index (χ2n) is 2.20. The van der Waals surface area contributed by atoms with Crippen LogP contribution in [0.25, 0.3) is 0 Å². The molecule has 1 rings (SSSR count). The molecular formula is C8H7NO3S. The maximum atomic E-state index is 11.0. The van der Waals surface area contributed by atoms with Crippen molar-refractivity contribution in [3.05, 3.63) is 21.9 Å². The summed E-state index contributed by atoms with van der Waals surface area (Å²) in [6.45, 7) is 0.269. The van der Waals surface area contributed by atoms with Gasteiger partial charge in [0, 0.05) is 10.3 Å². The number of nitrogens with zero attached hydrogens (tertiary/aromatic N) is 1. The molecular weight excluding hydrogens is 190 g/mol. The Kier molecular flexibility index (Phi) is 3.37. The van der Waals surface area contributed by atoms with Gasteiger partial charge in [-0.05, 0) is 6.07 Å². The van der Waals surface area contributed by atoms with Crippen LogP contribution in [0.5, 0.6) is 0 Å². The number of rotatable bonds is 3. The van der Waals surface area contributed by atoms with E-state index in [1.165, 1.54) is 24.5 Å². The number of thiophene rings is 1. The van der Waals surface area contributed by atoms with E-state index in [4.69, 9.17) is 0 Å². The van der Waals surface area contributed by atoms with Crippen molar-refractivity contribution >= 4 is 23.4 Å². The van der Waals surface area contributed by atoms with Gasteiger partial charge in [0.15, 0.2) is 0 Å². The fourth-order valence-electron chi connectivity index (χ4n) is 0.799. The van der Waals surface area contributed by atoms with E-state index in [0.717, 1.165) is 4.88 Å². The molecule has 0 aliphatic heterocycles. The maximum Gasteiger partial charge on any atom is 0.338 e. The van der Waals surface area contributed by atoms with Crippen molar-refractivity contribution in [1.29, 1.82) is 0 Å². The lowest BCUT2D eigenvalue weighted by molar-refractivity contribution is 0.0601. The average molecular weight is 197 g/mol. The molecule has 1 aromatic heterocycles. The van der Waals surface area contributed by atoms with Crippen molar-refractivity contribution < 1.29 is 14.3 Å². The molecule has 4 nitrogen and oxygen atoms in total. The molecule has 68 valence electrons. The van der Waals surface area contributed by atoms with Crippen LogP contribution in [0.3, 0.4) is 0 Å². The average Bonchev–Trinajstić information content (AvgIpc) is 2.62. The van der Waals surface area contributed by atoms with Gasteiger partial charge in [0.1, 0.15) is 0 Å². The third kappa shape index (κ3) is 2.50. The number of ether oxygens (including phenoxy) is 1. The molecule has 0 aromatic carbocycles. The summed E-state index contributed by atoms with van der Waals surface area (Å²) in [7, 11) is 1.32. The Bertz CT molecular complexity index is 352. The van der Waals surface area contributed by atoms with Crippen molar-refractivity contribution in [1.82, 2.24) is 0 Å². The lowest BCUT2D eigenvalue weighted by Gasteiger charge is -1.91. The fraction of sp³-hybridized carbons (Fsp3) is 0.250. The summed E-state index contributed by atoms with van der Waals surface area (Å²) >= 11 is 1.36. The molecule has 1 heterocycles. The van der Waals surface area contributed by atoms with E-state index in [2.05, 4.69) is 9.73 Å². The second kappa shape index (κ2) is 4.54. The van der Waals surface area contributed by atoms with Crippen molar-refractivity contribution in [2.75, 3.05) is 7.11 Å². The maximum absolute atomic E-state index is 11.0. The lowest BCUT2D eigenvalue weighted by atomic mass is 10.3. The lowest BCUT2D eigenvalue weighted by Crippen LogP contribution is -1.98. The Hall–Kier alpha value is -1.45. The van der Waals surface area contributed by atoms with Crippen LogP contribution in [-0.4, -0.2) is 19.2 Å². The molecule has 0 aliphatic rings. The summed E-state index contributed by atoms with van der Waals surface area (Å²) in [5.41, 5.74) is 0.489. The molecule has 0 atom stereocenters. The molecule has 0 saturated carbocycles. The van der Waals surface area contributed by atoms with Crippen LogP contribution in [-0.2, 0) is 16.1 Å². The first kappa shape index (κ1) is 9.64. The Balaban J connectivity index is 2.74. The number of aliphatic imine (C=N–C) groups is 1. The van der Waals surface area contributed by atoms with Crippen molar-refractivity contribution in [3.8, 4) is 0 Å². The topological polar surface area (TPSA) is 55.7 Å². The van der Waals surface area contributed by atoms with Gasteiger partial charge in [0.25, 0.3) is 0 Å². The minimum atomic E-state index is -0.377. The normalized spacial score (nSPS) is 9.00. The molecule has 0 bridgehead atoms. The van der Waals surface area contributed by atoms with E-state index in [-0.39, 0.29) is 12.5 Å². The summed E-state index contributed by atoms with van der Waals surface area (Å²) in [5, 5.41) is 1.67. The predicted octanol–water partition coefficient (Wildman–Crippen LogP) is 1.37. The molecule has 0 N–H and O–H groups in total. The molecule has 0 unspecified atom stereocenters. The fourth-order valence-corrected chi connectivity index (χ4v) is 1.58. The Morgan fingerprint density at radius 3 is 3.15 bits per heavy atom. The van der Waals surface area contributed by atoms with Crippen LogP contribution in [0, 0.1) is 0 Å². The monoisotopic (exact) mass is 197 g/mol. The highest BCUT2D eigenvalue weighted by molar-refractivity contribution is 7.10. The summed E-state index contributed by atoms with van der Waals surface area (Å²) < 4.78 is 4.51. The van der Waals surface area contributed by atoms with Crippen molar-refractivity contribution in [3.63, 3.8) is 0 Å². The van der Waals surface area contributed by atoms with E-state index in [1.807, 2.05) is 0 Å². The zero-order valence-corrected chi connectivity index (χ0v) is 7.76. The second-order valence-corrected chi connectivity index (χ2v) is 3.20. The smallest absolute Gasteiger partial charge is 0.338 e. The number of hydrogen-bond donors (Lipinski definition) is 0. The molecule has 0 amide bonds. The number of methoxy groups -OCH3 is 1. The minimum Gasteiger partial charge on any atom is -0.465 e. The van der Waals surface area contributed by atoms with Crippen molar-refractivity contribution in [2.45, 2.75) is 6.54 Å². The highest BCUT2D eigenvalue weighted by Gasteiger charge is 2.07. The van der Waals surface area contributed by atoms with E-state index in [1.54, 1.807) is 11.4 Å². The van der Waals surface area contributed by atoms with Gasteiger partial charge in [-0.2, -0.15) is 0 Å². The Morgan fingerprint density at radius 1 is 1.77 bits per heavy atom. The first-order valence-electron chi connectivity index (χ1n) is 3.47. The van der Waals surface area contributed by atoms with Gasteiger partial charge < -0.3 is 4.74 Å². The third-order valence-corrected chi connectivity index (χ3v) is 2.30. The third-order valence-electron chi connectivity index (χ3n) is 1.37. The highest BCUT2D eigenvalue weighted by atomic mass is 32.1. The van der Waals surface area contributed by atoms with Crippen LogP contribution in [0.2, 0.25) is 0 Å².